The lowest BCUT2D eigenvalue weighted by atomic mass is 9.69. The van der Waals surface area contributed by atoms with Crippen LogP contribution < -0.4 is 4.31 Å². The van der Waals surface area contributed by atoms with E-state index < -0.39 is 33.6 Å². The molecule has 0 amide bonds. The molecule has 0 bridgehead atoms. The molecule has 3 aromatic carbocycles. The molecule has 7 nitrogen and oxygen atoms in total. The molecule has 2 aliphatic heterocycles. The number of hydrogen-bond acceptors (Lipinski definition) is 6. The molecule has 2 aliphatic rings. The van der Waals surface area contributed by atoms with Crippen molar-refractivity contribution < 1.29 is 22.8 Å². The van der Waals surface area contributed by atoms with E-state index in [9.17, 15) is 13.2 Å². The Bertz CT molecular complexity index is 1450. The second kappa shape index (κ2) is 9.04. The Morgan fingerprint density at radius 3 is 2.42 bits per heavy atom. The minimum Gasteiger partial charge on any atom is -0.468 e. The summed E-state index contributed by atoms with van der Waals surface area (Å²) in [6, 6.07) is 18.0. The van der Waals surface area contributed by atoms with E-state index in [1.54, 1.807) is 78.8 Å². The highest BCUT2D eigenvalue weighted by Crippen LogP contribution is 2.61. The summed E-state index contributed by atoms with van der Waals surface area (Å²) in [5.74, 6) is -0.605. The van der Waals surface area contributed by atoms with Gasteiger partial charge in [-0.1, -0.05) is 65.2 Å². The second-order valence-corrected chi connectivity index (χ2v) is 11.7. The highest BCUT2D eigenvalue weighted by Gasteiger charge is 2.66. The molecule has 2 heterocycles. The molecule has 0 aromatic heterocycles. The van der Waals surface area contributed by atoms with E-state index in [0.717, 1.165) is 5.56 Å². The van der Waals surface area contributed by atoms with Crippen molar-refractivity contribution in [3.8, 4) is 0 Å². The van der Waals surface area contributed by atoms with Gasteiger partial charge in [0.05, 0.1) is 30.3 Å². The Kier molecular flexibility index (Phi) is 6.29. The number of nitrogens with zero attached hydrogens (tertiary/aromatic N) is 2. The third-order valence-electron chi connectivity index (χ3n) is 6.92. The second-order valence-electron chi connectivity index (χ2n) is 9.02. The van der Waals surface area contributed by atoms with Crippen LogP contribution in [-0.4, -0.2) is 40.2 Å². The van der Waals surface area contributed by atoms with Gasteiger partial charge >= 0.3 is 5.97 Å². The summed E-state index contributed by atoms with van der Waals surface area (Å²) in [7, 11) is -1.05. The summed E-state index contributed by atoms with van der Waals surface area (Å²) < 4.78 is 34.6. The minimum atomic E-state index is -4.05. The molecule has 0 unspecified atom stereocenters. The number of esters is 1. The molecule has 0 saturated carbocycles. The van der Waals surface area contributed by atoms with Gasteiger partial charge in [0.1, 0.15) is 11.5 Å². The molecule has 188 valence electrons. The van der Waals surface area contributed by atoms with Gasteiger partial charge in [-0.15, -0.1) is 0 Å². The fraction of sp³-hybridized carbons (Fsp3) is 0.269. The molecule has 1 saturated heterocycles. The van der Waals surface area contributed by atoms with Crippen molar-refractivity contribution >= 4 is 44.9 Å². The van der Waals surface area contributed by atoms with Crippen molar-refractivity contribution in [3.05, 3.63) is 93.5 Å². The smallest absolute Gasteiger partial charge is 0.318 e. The number of rotatable bonds is 4. The zero-order valence-corrected chi connectivity index (χ0v) is 22.1. The summed E-state index contributed by atoms with van der Waals surface area (Å²) in [6.07, 6.45) is -0.936. The zero-order valence-electron chi connectivity index (χ0n) is 19.8. The maximum Gasteiger partial charge on any atom is 0.318 e. The monoisotopic (exact) mass is 546 g/mol. The fourth-order valence-corrected chi connectivity index (χ4v) is 7.32. The Balaban J connectivity index is 1.76. The van der Waals surface area contributed by atoms with E-state index in [2.05, 4.69) is 0 Å². The fourth-order valence-electron chi connectivity index (χ4n) is 5.27. The molecule has 36 heavy (non-hydrogen) atoms. The first-order valence-corrected chi connectivity index (χ1v) is 13.4. The number of para-hydroxylation sites is 1. The van der Waals surface area contributed by atoms with Crippen LogP contribution in [0.4, 0.5) is 5.69 Å². The Morgan fingerprint density at radius 1 is 1.06 bits per heavy atom. The van der Waals surface area contributed by atoms with Gasteiger partial charge in [-0.05, 0) is 42.8 Å². The summed E-state index contributed by atoms with van der Waals surface area (Å²) in [6.45, 7) is 1.67. The van der Waals surface area contributed by atoms with Gasteiger partial charge in [-0.25, -0.2) is 8.42 Å². The molecule has 0 aliphatic carbocycles. The maximum atomic E-state index is 14.0. The van der Waals surface area contributed by atoms with Gasteiger partial charge in [-0.3, -0.25) is 13.9 Å². The van der Waals surface area contributed by atoms with Gasteiger partial charge < -0.3 is 4.74 Å². The van der Waals surface area contributed by atoms with Crippen LogP contribution in [0.3, 0.4) is 0 Å². The van der Waals surface area contributed by atoms with E-state index in [-0.39, 0.29) is 11.4 Å². The standard InChI is InChI=1S/C26H24Cl2N2O5S/c1-16-8-11-18(12-9-16)36(32,33)30-15-26(25(31)34-3)23(20-6-4-5-7-22(20)30)29(2)35-24(26)19-13-10-17(27)14-21(19)28/h4-14,23-24H,15H2,1-3H3/t23-,24+,26-/m1/s1. The lowest BCUT2D eigenvalue weighted by Crippen LogP contribution is -2.54. The number of benzene rings is 3. The maximum absolute atomic E-state index is 14.0. The van der Waals surface area contributed by atoms with E-state index >= 15 is 0 Å². The number of methoxy groups -OCH3 is 1. The van der Waals surface area contributed by atoms with Gasteiger partial charge in [-0.2, -0.15) is 5.06 Å². The third-order valence-corrected chi connectivity index (χ3v) is 9.25. The molecular weight excluding hydrogens is 523 g/mol. The van der Waals surface area contributed by atoms with E-state index in [1.165, 1.54) is 11.4 Å². The average molecular weight is 547 g/mol. The molecule has 0 N–H and O–H groups in total. The summed E-state index contributed by atoms with van der Waals surface area (Å²) in [5, 5.41) is 2.31. The number of halogens is 2. The van der Waals surface area contributed by atoms with Crippen molar-refractivity contribution in [1.29, 1.82) is 0 Å². The number of carbonyl (C=O) groups excluding carboxylic acids is 1. The number of carbonyl (C=O) groups is 1. The molecule has 5 rings (SSSR count). The topological polar surface area (TPSA) is 76.2 Å². The molecule has 3 atom stereocenters. The Labute approximate surface area is 220 Å². The van der Waals surface area contributed by atoms with Crippen molar-refractivity contribution in [1.82, 2.24) is 5.06 Å². The van der Waals surface area contributed by atoms with Crippen LogP contribution in [0.25, 0.3) is 0 Å². The Hall–Kier alpha value is -2.62. The number of fused-ring (bicyclic) bond motifs is 3. The lowest BCUT2D eigenvalue weighted by Gasteiger charge is -2.45. The number of hydrogen-bond donors (Lipinski definition) is 0. The van der Waals surface area contributed by atoms with Gasteiger partial charge in [0.2, 0.25) is 0 Å². The predicted octanol–water partition coefficient (Wildman–Crippen LogP) is 5.33. The SMILES string of the molecule is COC(=O)[C@]12CN(S(=O)(=O)c3ccc(C)cc3)c3ccccc3[C@H]1N(C)O[C@H]2c1ccc(Cl)cc1Cl. The first-order valence-electron chi connectivity index (χ1n) is 11.2. The normalized spacial score (nSPS) is 23.8. The number of aryl methyl sites for hydroxylation is 1. The van der Waals surface area contributed by atoms with Gasteiger partial charge in [0.25, 0.3) is 10.0 Å². The van der Waals surface area contributed by atoms with Crippen LogP contribution in [-0.2, 0) is 24.4 Å². The van der Waals surface area contributed by atoms with Crippen molar-refractivity contribution in [2.45, 2.75) is 24.0 Å². The number of hydroxylamine groups is 2. The molecule has 10 heteroatoms. The van der Waals surface area contributed by atoms with Crippen molar-refractivity contribution in [3.63, 3.8) is 0 Å². The van der Waals surface area contributed by atoms with Crippen molar-refractivity contribution in [2.75, 3.05) is 25.0 Å². The third kappa shape index (κ3) is 3.71. The first kappa shape index (κ1) is 25.0. The van der Waals surface area contributed by atoms with E-state index in [4.69, 9.17) is 32.8 Å². The van der Waals surface area contributed by atoms with Gasteiger partial charge in [0.15, 0.2) is 0 Å². The van der Waals surface area contributed by atoms with Crippen molar-refractivity contribution in [2.24, 2.45) is 5.41 Å². The van der Waals surface area contributed by atoms with E-state index in [0.29, 0.717) is 26.9 Å². The molecule has 3 aromatic rings. The average Bonchev–Trinajstić information content (AvgIpc) is 3.16. The number of anilines is 1. The summed E-state index contributed by atoms with van der Waals surface area (Å²) in [4.78, 5) is 20.1. The minimum absolute atomic E-state index is 0.120. The highest BCUT2D eigenvalue weighted by atomic mass is 35.5. The van der Waals surface area contributed by atoms with E-state index in [1.807, 2.05) is 6.92 Å². The number of ether oxygens (including phenoxy) is 1. The first-order chi connectivity index (χ1) is 17.1. The van der Waals surface area contributed by atoms with Crippen LogP contribution in [0.2, 0.25) is 10.0 Å². The molecule has 0 spiro atoms. The molecule has 1 fully saturated rings. The van der Waals surface area contributed by atoms with Crippen LogP contribution in [0.1, 0.15) is 28.8 Å². The van der Waals surface area contributed by atoms with Crippen LogP contribution >= 0.6 is 23.2 Å². The zero-order chi connectivity index (χ0) is 25.8. The van der Waals surface area contributed by atoms with Crippen LogP contribution in [0.15, 0.2) is 71.6 Å². The quantitative estimate of drug-likeness (QED) is 0.411. The number of sulfonamides is 1. The largest absolute Gasteiger partial charge is 0.468 e. The highest BCUT2D eigenvalue weighted by molar-refractivity contribution is 7.92. The Morgan fingerprint density at radius 2 is 1.75 bits per heavy atom. The summed E-state index contributed by atoms with van der Waals surface area (Å²) in [5.41, 5.74) is 1.07. The van der Waals surface area contributed by atoms with Gasteiger partial charge in [0, 0.05) is 22.7 Å². The lowest BCUT2D eigenvalue weighted by molar-refractivity contribution is -0.160. The predicted molar refractivity (Wildman–Crippen MR) is 137 cm³/mol. The molecule has 0 radical (unpaired) electrons. The van der Waals surface area contributed by atoms with Crippen LogP contribution in [0, 0.1) is 12.3 Å². The molecular formula is C26H24Cl2N2O5S. The summed E-state index contributed by atoms with van der Waals surface area (Å²) >= 11 is 12.7. The van der Waals surface area contributed by atoms with Crippen LogP contribution in [0.5, 0.6) is 0 Å².